The number of benzene rings is 1. The minimum atomic E-state index is 0.0507. The van der Waals surface area contributed by atoms with Gasteiger partial charge in [-0.2, -0.15) is 0 Å². The lowest BCUT2D eigenvalue weighted by molar-refractivity contribution is -0.121. The first-order valence-electron chi connectivity index (χ1n) is 9.73. The second-order valence-electron chi connectivity index (χ2n) is 7.55. The molecule has 2 fully saturated rings. The second kappa shape index (κ2) is 8.65. The van der Waals surface area contributed by atoms with Crippen LogP contribution in [0.15, 0.2) is 12.1 Å². The standard InChI is InChI=1S/C21H31NO4/c1-24-18-11-9-16(20(25-2)21(18)26-3)13-19(23)22-17-10-8-14-6-4-5-7-15(14)12-17/h9,11,14-15,17H,4-8,10,12-13H2,1-3H3,(H,22,23). The zero-order valence-corrected chi connectivity index (χ0v) is 16.2. The topological polar surface area (TPSA) is 56.8 Å². The number of nitrogens with one attached hydrogen (secondary N) is 1. The third-order valence-corrected chi connectivity index (χ3v) is 6.04. The molecule has 0 bridgehead atoms. The molecular formula is C21H31NO4. The predicted octanol–water partition coefficient (Wildman–Crippen LogP) is 3.73. The van der Waals surface area contributed by atoms with Crippen LogP contribution in [0.2, 0.25) is 0 Å². The van der Waals surface area contributed by atoms with E-state index in [0.717, 1.165) is 30.2 Å². The summed E-state index contributed by atoms with van der Waals surface area (Å²) >= 11 is 0. The molecule has 144 valence electrons. The molecule has 0 saturated heterocycles. The van der Waals surface area contributed by atoms with E-state index in [1.165, 1.54) is 32.1 Å². The molecule has 1 aromatic carbocycles. The van der Waals surface area contributed by atoms with Gasteiger partial charge in [0.25, 0.3) is 0 Å². The fraction of sp³-hybridized carbons (Fsp3) is 0.667. The van der Waals surface area contributed by atoms with Crippen molar-refractivity contribution in [2.24, 2.45) is 11.8 Å². The molecule has 3 atom stereocenters. The van der Waals surface area contributed by atoms with E-state index >= 15 is 0 Å². The van der Waals surface area contributed by atoms with Crippen LogP contribution in [0.25, 0.3) is 0 Å². The minimum Gasteiger partial charge on any atom is -0.493 e. The number of amides is 1. The molecule has 1 aromatic rings. The van der Waals surface area contributed by atoms with Crippen molar-refractivity contribution in [3.05, 3.63) is 17.7 Å². The van der Waals surface area contributed by atoms with Gasteiger partial charge in [0.1, 0.15) is 0 Å². The van der Waals surface area contributed by atoms with Gasteiger partial charge in [0.05, 0.1) is 27.8 Å². The average molecular weight is 361 g/mol. The molecule has 2 aliphatic rings. The van der Waals surface area contributed by atoms with Crippen LogP contribution in [-0.2, 0) is 11.2 Å². The lowest BCUT2D eigenvalue weighted by Crippen LogP contribution is -2.42. The maximum Gasteiger partial charge on any atom is 0.224 e. The summed E-state index contributed by atoms with van der Waals surface area (Å²) in [4.78, 5) is 12.6. The van der Waals surface area contributed by atoms with Crippen LogP contribution in [0.3, 0.4) is 0 Å². The van der Waals surface area contributed by atoms with Gasteiger partial charge >= 0.3 is 0 Å². The van der Waals surface area contributed by atoms with Gasteiger partial charge in [-0.1, -0.05) is 31.7 Å². The summed E-state index contributed by atoms with van der Waals surface area (Å²) < 4.78 is 16.2. The van der Waals surface area contributed by atoms with Gasteiger partial charge in [0, 0.05) is 11.6 Å². The maximum atomic E-state index is 12.6. The highest BCUT2D eigenvalue weighted by Crippen LogP contribution is 2.41. The first-order valence-corrected chi connectivity index (χ1v) is 9.73. The lowest BCUT2D eigenvalue weighted by atomic mass is 9.69. The Morgan fingerprint density at radius 2 is 1.69 bits per heavy atom. The Morgan fingerprint density at radius 1 is 0.962 bits per heavy atom. The summed E-state index contributed by atoms with van der Waals surface area (Å²) in [6.45, 7) is 0. The molecule has 0 heterocycles. The van der Waals surface area contributed by atoms with Crippen LogP contribution in [0.1, 0.15) is 50.5 Å². The van der Waals surface area contributed by atoms with Crippen LogP contribution in [0.4, 0.5) is 0 Å². The lowest BCUT2D eigenvalue weighted by Gasteiger charge is -2.39. The Labute approximate surface area is 156 Å². The van der Waals surface area contributed by atoms with Crippen LogP contribution in [-0.4, -0.2) is 33.3 Å². The van der Waals surface area contributed by atoms with Gasteiger partial charge in [-0.15, -0.1) is 0 Å². The number of hydrogen-bond donors (Lipinski definition) is 1. The molecule has 26 heavy (non-hydrogen) atoms. The van der Waals surface area contributed by atoms with E-state index < -0.39 is 0 Å². The van der Waals surface area contributed by atoms with Crippen LogP contribution >= 0.6 is 0 Å². The molecule has 0 radical (unpaired) electrons. The Kier molecular flexibility index (Phi) is 6.28. The van der Waals surface area contributed by atoms with Crippen molar-refractivity contribution in [3.63, 3.8) is 0 Å². The van der Waals surface area contributed by atoms with Crippen molar-refractivity contribution in [1.82, 2.24) is 5.32 Å². The normalized spacial score (nSPS) is 25.1. The molecule has 1 amide bonds. The number of carbonyl (C=O) groups excluding carboxylic acids is 1. The van der Waals surface area contributed by atoms with Gasteiger partial charge in [0.2, 0.25) is 11.7 Å². The van der Waals surface area contributed by atoms with E-state index in [0.29, 0.717) is 23.3 Å². The summed E-state index contributed by atoms with van der Waals surface area (Å²) in [5, 5.41) is 3.25. The Hall–Kier alpha value is -1.91. The van der Waals surface area contributed by atoms with Gasteiger partial charge < -0.3 is 19.5 Å². The number of carbonyl (C=O) groups is 1. The number of methoxy groups -OCH3 is 3. The molecule has 5 heteroatoms. The first-order chi connectivity index (χ1) is 12.7. The summed E-state index contributed by atoms with van der Waals surface area (Å²) in [7, 11) is 4.75. The molecular weight excluding hydrogens is 330 g/mol. The van der Waals surface area contributed by atoms with Crippen molar-refractivity contribution >= 4 is 5.91 Å². The number of ether oxygens (including phenoxy) is 3. The molecule has 3 unspecified atom stereocenters. The monoisotopic (exact) mass is 361 g/mol. The molecule has 2 aliphatic carbocycles. The highest BCUT2D eigenvalue weighted by Gasteiger charge is 2.32. The summed E-state index contributed by atoms with van der Waals surface area (Å²) in [6.07, 6.45) is 9.25. The van der Waals surface area contributed by atoms with Crippen molar-refractivity contribution in [2.75, 3.05) is 21.3 Å². The Balaban J connectivity index is 1.63. The molecule has 0 aliphatic heterocycles. The Morgan fingerprint density at radius 3 is 2.38 bits per heavy atom. The third kappa shape index (κ3) is 4.08. The zero-order chi connectivity index (χ0) is 18.5. The SMILES string of the molecule is COc1ccc(CC(=O)NC2CCC3CCCCC3C2)c(OC)c1OC. The summed E-state index contributed by atoms with van der Waals surface area (Å²) in [5.74, 6) is 3.45. The van der Waals surface area contributed by atoms with E-state index in [1.54, 1.807) is 21.3 Å². The van der Waals surface area contributed by atoms with E-state index in [4.69, 9.17) is 14.2 Å². The number of rotatable bonds is 6. The summed E-state index contributed by atoms with van der Waals surface area (Å²) in [5.41, 5.74) is 0.814. The molecule has 1 N–H and O–H groups in total. The highest BCUT2D eigenvalue weighted by molar-refractivity contribution is 5.80. The Bertz CT molecular complexity index is 631. The van der Waals surface area contributed by atoms with E-state index in [2.05, 4.69) is 5.32 Å². The van der Waals surface area contributed by atoms with Gasteiger partial charge in [-0.3, -0.25) is 4.79 Å². The van der Waals surface area contributed by atoms with E-state index in [-0.39, 0.29) is 12.3 Å². The van der Waals surface area contributed by atoms with Gasteiger partial charge in [-0.05, 0) is 37.2 Å². The van der Waals surface area contributed by atoms with Gasteiger partial charge in [-0.25, -0.2) is 0 Å². The van der Waals surface area contributed by atoms with E-state index in [1.807, 2.05) is 12.1 Å². The second-order valence-corrected chi connectivity index (χ2v) is 7.55. The molecule has 3 rings (SSSR count). The number of hydrogen-bond acceptors (Lipinski definition) is 4. The van der Waals surface area contributed by atoms with Crippen LogP contribution in [0, 0.1) is 11.8 Å². The van der Waals surface area contributed by atoms with Crippen LogP contribution < -0.4 is 19.5 Å². The predicted molar refractivity (Wildman–Crippen MR) is 101 cm³/mol. The molecule has 2 saturated carbocycles. The molecule has 0 spiro atoms. The van der Waals surface area contributed by atoms with Crippen LogP contribution in [0.5, 0.6) is 17.2 Å². The van der Waals surface area contributed by atoms with E-state index in [9.17, 15) is 4.79 Å². The first kappa shape index (κ1) is 18.9. The van der Waals surface area contributed by atoms with Crippen molar-refractivity contribution < 1.29 is 19.0 Å². The molecule has 0 aromatic heterocycles. The highest BCUT2D eigenvalue weighted by atomic mass is 16.5. The molecule has 5 nitrogen and oxygen atoms in total. The average Bonchev–Trinajstić information content (AvgIpc) is 2.67. The fourth-order valence-corrected chi connectivity index (χ4v) is 4.76. The summed E-state index contributed by atoms with van der Waals surface area (Å²) in [6, 6.07) is 4.00. The third-order valence-electron chi connectivity index (χ3n) is 6.04. The smallest absolute Gasteiger partial charge is 0.224 e. The van der Waals surface area contributed by atoms with Crippen molar-refractivity contribution in [1.29, 1.82) is 0 Å². The fourth-order valence-electron chi connectivity index (χ4n) is 4.76. The number of fused-ring (bicyclic) bond motifs is 1. The minimum absolute atomic E-state index is 0.0507. The van der Waals surface area contributed by atoms with Crippen molar-refractivity contribution in [3.8, 4) is 17.2 Å². The largest absolute Gasteiger partial charge is 0.493 e. The quantitative estimate of drug-likeness (QED) is 0.839. The van der Waals surface area contributed by atoms with Crippen molar-refractivity contribution in [2.45, 2.75) is 57.4 Å². The maximum absolute atomic E-state index is 12.6. The van der Waals surface area contributed by atoms with Gasteiger partial charge in [0.15, 0.2) is 11.5 Å². The zero-order valence-electron chi connectivity index (χ0n) is 16.2.